The SMILES string of the molecule is CCOC(=O)c1ccc2c(c1)C(S(=O)(=O)c1ccccc1)CS2(O)O. The highest BCUT2D eigenvalue weighted by atomic mass is 32.3. The third-order valence-electron chi connectivity index (χ3n) is 4.05. The summed E-state index contributed by atoms with van der Waals surface area (Å²) in [6, 6.07) is 12.1. The van der Waals surface area contributed by atoms with Crippen LogP contribution in [0.3, 0.4) is 0 Å². The van der Waals surface area contributed by atoms with Gasteiger partial charge in [-0.3, -0.25) is 9.11 Å². The van der Waals surface area contributed by atoms with E-state index in [0.29, 0.717) is 0 Å². The van der Waals surface area contributed by atoms with Gasteiger partial charge < -0.3 is 4.74 Å². The van der Waals surface area contributed by atoms with Gasteiger partial charge in [0.15, 0.2) is 9.84 Å². The summed E-state index contributed by atoms with van der Waals surface area (Å²) in [5, 5.41) is -1.12. The molecule has 1 atom stereocenters. The first-order chi connectivity index (χ1) is 11.8. The van der Waals surface area contributed by atoms with E-state index in [4.69, 9.17) is 4.74 Å². The molecule has 0 bridgehead atoms. The monoisotopic (exact) mass is 382 g/mol. The smallest absolute Gasteiger partial charge is 0.338 e. The van der Waals surface area contributed by atoms with Gasteiger partial charge in [0, 0.05) is 0 Å². The number of carbonyl (C=O) groups is 1. The normalized spacial score (nSPS) is 19.9. The molecule has 0 aromatic heterocycles. The van der Waals surface area contributed by atoms with Gasteiger partial charge in [0.05, 0.1) is 27.7 Å². The molecule has 0 fully saturated rings. The standard InChI is InChI=1S/C17H18O6S2/c1-2-23-17(18)12-8-9-15-14(10-12)16(11-24(15,19)20)25(21,22)13-6-4-3-5-7-13/h3-10,16,19-20H,2,11H2,1H3. The molecule has 1 unspecified atom stereocenters. The van der Waals surface area contributed by atoms with Gasteiger partial charge >= 0.3 is 5.97 Å². The fraction of sp³-hybridized carbons (Fsp3) is 0.235. The molecule has 0 saturated carbocycles. The van der Waals surface area contributed by atoms with Crippen LogP contribution in [-0.4, -0.2) is 35.9 Å². The van der Waals surface area contributed by atoms with Crippen molar-refractivity contribution in [3.63, 3.8) is 0 Å². The van der Waals surface area contributed by atoms with E-state index in [1.165, 1.54) is 30.3 Å². The first kappa shape index (κ1) is 17.9. The maximum Gasteiger partial charge on any atom is 0.338 e. The highest BCUT2D eigenvalue weighted by molar-refractivity contribution is 8.25. The Labute approximate surface area is 147 Å². The maximum atomic E-state index is 13.0. The summed E-state index contributed by atoms with van der Waals surface area (Å²) in [5.41, 5.74) is 0.431. The first-order valence-corrected chi connectivity index (χ1v) is 10.9. The minimum atomic E-state index is -3.83. The Bertz CT molecular complexity index is 906. The van der Waals surface area contributed by atoms with Crippen molar-refractivity contribution in [2.75, 3.05) is 12.4 Å². The number of benzene rings is 2. The molecule has 2 aromatic rings. The molecule has 134 valence electrons. The van der Waals surface area contributed by atoms with E-state index >= 15 is 0 Å². The lowest BCUT2D eigenvalue weighted by molar-refractivity contribution is 0.0526. The second-order valence-corrected chi connectivity index (χ2v) is 9.89. The fourth-order valence-electron chi connectivity index (χ4n) is 2.86. The van der Waals surface area contributed by atoms with E-state index < -0.39 is 31.6 Å². The van der Waals surface area contributed by atoms with Crippen molar-refractivity contribution in [2.45, 2.75) is 22.0 Å². The van der Waals surface area contributed by atoms with E-state index in [2.05, 4.69) is 0 Å². The van der Waals surface area contributed by atoms with Gasteiger partial charge in [-0.15, -0.1) is 0 Å². The number of carbonyl (C=O) groups excluding carboxylic acids is 1. The molecule has 0 spiro atoms. The van der Waals surface area contributed by atoms with Gasteiger partial charge in [-0.1, -0.05) is 18.2 Å². The molecular weight excluding hydrogens is 364 g/mol. The molecule has 25 heavy (non-hydrogen) atoms. The van der Waals surface area contributed by atoms with Crippen LogP contribution in [0.2, 0.25) is 0 Å². The summed E-state index contributed by atoms with van der Waals surface area (Å²) in [7, 11) is -7.06. The van der Waals surface area contributed by atoms with E-state index in [-0.39, 0.29) is 33.3 Å². The van der Waals surface area contributed by atoms with Crippen LogP contribution in [0.15, 0.2) is 58.3 Å². The molecule has 0 radical (unpaired) electrons. The van der Waals surface area contributed by atoms with E-state index in [9.17, 15) is 22.3 Å². The summed E-state index contributed by atoms with van der Waals surface area (Å²) in [4.78, 5) is 12.2. The number of esters is 1. The van der Waals surface area contributed by atoms with Crippen molar-refractivity contribution in [1.29, 1.82) is 0 Å². The highest BCUT2D eigenvalue weighted by Gasteiger charge is 2.43. The number of ether oxygens (including phenoxy) is 1. The molecule has 2 N–H and O–H groups in total. The maximum absolute atomic E-state index is 13.0. The van der Waals surface area contributed by atoms with Crippen molar-refractivity contribution in [3.05, 3.63) is 59.7 Å². The summed E-state index contributed by atoms with van der Waals surface area (Å²) in [6.45, 7) is 1.86. The van der Waals surface area contributed by atoms with Crippen molar-refractivity contribution in [2.24, 2.45) is 0 Å². The van der Waals surface area contributed by atoms with Gasteiger partial charge in [-0.05, 0) is 42.8 Å². The first-order valence-electron chi connectivity index (χ1n) is 7.63. The predicted octanol–water partition coefficient (Wildman–Crippen LogP) is 3.50. The lowest BCUT2D eigenvalue weighted by Gasteiger charge is -2.27. The van der Waals surface area contributed by atoms with Gasteiger partial charge in [-0.2, -0.15) is 10.6 Å². The lowest BCUT2D eigenvalue weighted by atomic mass is 10.1. The molecule has 1 aliphatic rings. The topological polar surface area (TPSA) is 101 Å². The van der Waals surface area contributed by atoms with Gasteiger partial charge in [0.25, 0.3) is 0 Å². The van der Waals surface area contributed by atoms with Crippen LogP contribution < -0.4 is 0 Å². The van der Waals surface area contributed by atoms with E-state index in [1.54, 1.807) is 25.1 Å². The number of hydrogen-bond donors (Lipinski definition) is 2. The van der Waals surface area contributed by atoms with Crippen LogP contribution >= 0.6 is 10.6 Å². The molecule has 6 nitrogen and oxygen atoms in total. The molecule has 1 heterocycles. The number of rotatable bonds is 4. The average Bonchev–Trinajstić information content (AvgIpc) is 2.87. The minimum Gasteiger partial charge on any atom is -0.462 e. The van der Waals surface area contributed by atoms with Gasteiger partial charge in [0.2, 0.25) is 0 Å². The number of hydrogen-bond acceptors (Lipinski definition) is 6. The van der Waals surface area contributed by atoms with E-state index in [1.807, 2.05) is 0 Å². The molecule has 0 aliphatic carbocycles. The van der Waals surface area contributed by atoms with Crippen LogP contribution in [-0.2, 0) is 14.6 Å². The minimum absolute atomic E-state index is 0.101. The Morgan fingerprint density at radius 2 is 1.88 bits per heavy atom. The summed E-state index contributed by atoms with van der Waals surface area (Å²) < 4.78 is 51.5. The Kier molecular flexibility index (Phi) is 4.63. The third kappa shape index (κ3) is 3.18. The zero-order chi connectivity index (χ0) is 18.2. The van der Waals surface area contributed by atoms with Gasteiger partial charge in [0.1, 0.15) is 5.25 Å². The molecule has 2 aromatic carbocycles. The Hall–Kier alpha value is -1.87. The second-order valence-electron chi connectivity index (χ2n) is 5.65. The van der Waals surface area contributed by atoms with Crippen molar-refractivity contribution < 1.29 is 27.1 Å². The Morgan fingerprint density at radius 1 is 1.20 bits per heavy atom. The lowest BCUT2D eigenvalue weighted by Crippen LogP contribution is -2.15. The molecule has 3 rings (SSSR count). The summed E-state index contributed by atoms with van der Waals surface area (Å²) >= 11 is 0. The van der Waals surface area contributed by atoms with Crippen LogP contribution in [0.5, 0.6) is 0 Å². The van der Waals surface area contributed by atoms with Crippen molar-refractivity contribution >= 4 is 26.4 Å². The van der Waals surface area contributed by atoms with Crippen LogP contribution in [0.25, 0.3) is 0 Å². The van der Waals surface area contributed by atoms with Crippen molar-refractivity contribution in [3.8, 4) is 0 Å². The van der Waals surface area contributed by atoms with Crippen LogP contribution in [0, 0.1) is 0 Å². The molecular formula is C17H18O6S2. The quantitative estimate of drug-likeness (QED) is 0.785. The van der Waals surface area contributed by atoms with Gasteiger partial charge in [-0.25, -0.2) is 13.2 Å². The molecule has 8 heteroatoms. The van der Waals surface area contributed by atoms with Crippen LogP contribution in [0.4, 0.5) is 0 Å². The molecule has 1 aliphatic heterocycles. The highest BCUT2D eigenvalue weighted by Crippen LogP contribution is 2.61. The summed E-state index contributed by atoms with van der Waals surface area (Å²) in [5.74, 6) is -0.893. The number of sulfone groups is 1. The number of fused-ring (bicyclic) bond motifs is 1. The Balaban J connectivity index is 2.11. The third-order valence-corrected chi connectivity index (χ3v) is 8.23. The second kappa shape index (κ2) is 6.45. The zero-order valence-corrected chi connectivity index (χ0v) is 15.1. The fourth-order valence-corrected chi connectivity index (χ4v) is 7.26. The van der Waals surface area contributed by atoms with Crippen LogP contribution in [0.1, 0.15) is 28.1 Å². The summed E-state index contributed by atoms with van der Waals surface area (Å²) in [6.07, 6.45) is 0. The van der Waals surface area contributed by atoms with Crippen molar-refractivity contribution in [1.82, 2.24) is 0 Å². The average molecular weight is 382 g/mol. The molecule has 0 amide bonds. The van der Waals surface area contributed by atoms with E-state index in [0.717, 1.165) is 0 Å². The zero-order valence-electron chi connectivity index (χ0n) is 13.5. The largest absolute Gasteiger partial charge is 0.462 e. The molecule has 0 saturated heterocycles. The Morgan fingerprint density at radius 3 is 2.52 bits per heavy atom. The predicted molar refractivity (Wildman–Crippen MR) is 94.7 cm³/mol.